The van der Waals surface area contributed by atoms with Gasteiger partial charge in [-0.15, -0.1) is 0 Å². The molecule has 2 aromatic heterocycles. The van der Waals surface area contributed by atoms with Crippen LogP contribution in [0.3, 0.4) is 0 Å². The maximum absolute atomic E-state index is 14.1. The van der Waals surface area contributed by atoms with Crippen LogP contribution in [0.15, 0.2) is 55.4 Å². The lowest BCUT2D eigenvalue weighted by Gasteiger charge is -2.20. The average molecular weight is 540 g/mol. The van der Waals surface area contributed by atoms with Gasteiger partial charge in [0.2, 0.25) is 0 Å². The van der Waals surface area contributed by atoms with Crippen molar-refractivity contribution in [3.8, 4) is 16.9 Å². The van der Waals surface area contributed by atoms with Gasteiger partial charge in [0.15, 0.2) is 5.65 Å². The van der Waals surface area contributed by atoms with Crippen LogP contribution in [0.5, 0.6) is 5.75 Å². The van der Waals surface area contributed by atoms with Crippen molar-refractivity contribution in [1.29, 1.82) is 0 Å². The second-order valence-corrected chi connectivity index (χ2v) is 9.50. The van der Waals surface area contributed by atoms with E-state index in [1.165, 1.54) is 23.0 Å². The summed E-state index contributed by atoms with van der Waals surface area (Å²) in [5.41, 5.74) is 2.89. The summed E-state index contributed by atoms with van der Waals surface area (Å²) in [6.45, 7) is 5.37. The largest absolute Gasteiger partial charge is 0.507 e. The summed E-state index contributed by atoms with van der Waals surface area (Å²) in [5.74, 6) is -1.06. The van der Waals surface area contributed by atoms with Crippen LogP contribution in [0.25, 0.3) is 22.3 Å². The Labute approximate surface area is 221 Å². The molecule has 1 saturated carbocycles. The highest BCUT2D eigenvalue weighted by Crippen LogP contribution is 2.40. The summed E-state index contributed by atoms with van der Waals surface area (Å²) in [7, 11) is 0. The van der Waals surface area contributed by atoms with E-state index in [1.54, 1.807) is 25.1 Å². The second-order valence-electron chi connectivity index (χ2n) is 9.50. The van der Waals surface area contributed by atoms with E-state index in [1.807, 2.05) is 0 Å². The first kappa shape index (κ1) is 26.2. The Morgan fingerprint density at radius 2 is 1.95 bits per heavy atom. The van der Waals surface area contributed by atoms with E-state index in [4.69, 9.17) is 0 Å². The topological polar surface area (TPSA) is 91.6 Å². The molecule has 0 bridgehead atoms. The van der Waals surface area contributed by atoms with Gasteiger partial charge in [-0.2, -0.15) is 18.3 Å². The highest BCUT2D eigenvalue weighted by atomic mass is 19.4. The Morgan fingerprint density at radius 1 is 1.18 bits per heavy atom. The number of alkyl halides is 3. The summed E-state index contributed by atoms with van der Waals surface area (Å²) in [6, 6.07) is 8.60. The highest BCUT2D eigenvalue weighted by Gasteiger charge is 2.28. The van der Waals surface area contributed by atoms with Crippen molar-refractivity contribution in [3.63, 3.8) is 0 Å². The molecule has 0 unspecified atom stereocenters. The van der Waals surface area contributed by atoms with Crippen LogP contribution in [0.4, 0.5) is 23.2 Å². The highest BCUT2D eigenvalue weighted by molar-refractivity contribution is 5.99. The number of amides is 1. The van der Waals surface area contributed by atoms with Gasteiger partial charge in [0.05, 0.1) is 12.1 Å². The number of nitrogens with one attached hydrogen (secondary N) is 2. The van der Waals surface area contributed by atoms with Gasteiger partial charge in [-0.3, -0.25) is 4.79 Å². The number of hydrogen-bond acceptors (Lipinski definition) is 5. The van der Waals surface area contributed by atoms with Crippen LogP contribution in [0, 0.1) is 12.7 Å². The maximum atomic E-state index is 14.1. The molecule has 0 saturated heterocycles. The van der Waals surface area contributed by atoms with E-state index in [0.717, 1.165) is 25.0 Å². The van der Waals surface area contributed by atoms with Crippen molar-refractivity contribution in [1.82, 2.24) is 19.9 Å². The number of aryl methyl sites for hydroxylation is 1. The zero-order valence-electron chi connectivity index (χ0n) is 20.9. The van der Waals surface area contributed by atoms with Crippen LogP contribution in [0.1, 0.15) is 46.4 Å². The summed E-state index contributed by atoms with van der Waals surface area (Å²) < 4.78 is 54.6. The van der Waals surface area contributed by atoms with Crippen molar-refractivity contribution in [2.45, 2.75) is 38.4 Å². The molecule has 0 radical (unpaired) electrons. The normalized spacial score (nSPS) is 13.5. The second kappa shape index (κ2) is 10.0. The summed E-state index contributed by atoms with van der Waals surface area (Å²) in [4.78, 5) is 17.0. The van der Waals surface area contributed by atoms with Gasteiger partial charge in [0.1, 0.15) is 17.3 Å². The minimum atomic E-state index is -4.39. The van der Waals surface area contributed by atoms with Crippen LogP contribution >= 0.6 is 0 Å². The number of anilines is 1. The van der Waals surface area contributed by atoms with Gasteiger partial charge in [-0.25, -0.2) is 13.9 Å². The number of phenolic OH excluding ortho intramolecular Hbond substituents is 1. The number of hydrogen-bond donors (Lipinski definition) is 3. The minimum absolute atomic E-state index is 0.0709. The predicted octanol–water partition coefficient (Wildman–Crippen LogP) is 5.87. The summed E-state index contributed by atoms with van der Waals surface area (Å²) in [5, 5.41) is 20.9. The van der Waals surface area contributed by atoms with Crippen molar-refractivity contribution in [2.75, 3.05) is 11.9 Å². The lowest BCUT2D eigenvalue weighted by molar-refractivity contribution is -0.131. The first-order chi connectivity index (χ1) is 18.5. The minimum Gasteiger partial charge on any atom is -0.507 e. The number of halogens is 4. The van der Waals surface area contributed by atoms with E-state index in [-0.39, 0.29) is 45.9 Å². The molecule has 202 valence electrons. The third kappa shape index (κ3) is 5.57. The molecular weight excluding hydrogens is 514 g/mol. The Hall–Kier alpha value is -4.41. The lowest BCUT2D eigenvalue weighted by atomic mass is 9.92. The van der Waals surface area contributed by atoms with Crippen LogP contribution in [0.2, 0.25) is 0 Å². The van der Waals surface area contributed by atoms with Gasteiger partial charge < -0.3 is 15.7 Å². The molecule has 0 spiro atoms. The van der Waals surface area contributed by atoms with E-state index in [9.17, 15) is 27.5 Å². The number of benzene rings is 2. The van der Waals surface area contributed by atoms with Gasteiger partial charge in [-0.1, -0.05) is 18.7 Å². The molecule has 7 nitrogen and oxygen atoms in total. The molecule has 4 aromatic rings. The van der Waals surface area contributed by atoms with Crippen LogP contribution in [-0.4, -0.2) is 44.4 Å². The number of nitrogens with zero attached hydrogens (tertiary/aromatic N) is 3. The monoisotopic (exact) mass is 539 g/mol. The molecule has 1 amide bonds. The molecule has 1 fully saturated rings. The number of imidazole rings is 1. The molecule has 1 aliphatic rings. The number of rotatable bonds is 8. The zero-order chi connectivity index (χ0) is 27.9. The first-order valence-electron chi connectivity index (χ1n) is 12.3. The van der Waals surface area contributed by atoms with E-state index >= 15 is 0 Å². The number of aromatic nitrogens is 3. The molecule has 39 heavy (non-hydrogen) atoms. The first-order valence-corrected chi connectivity index (χ1v) is 12.3. The predicted molar refractivity (Wildman–Crippen MR) is 139 cm³/mol. The van der Waals surface area contributed by atoms with Gasteiger partial charge in [0.25, 0.3) is 5.91 Å². The maximum Gasteiger partial charge on any atom is 0.390 e. The third-order valence-electron chi connectivity index (χ3n) is 6.49. The molecule has 11 heteroatoms. The van der Waals surface area contributed by atoms with Crippen molar-refractivity contribution >= 4 is 22.8 Å². The fourth-order valence-corrected chi connectivity index (χ4v) is 4.38. The van der Waals surface area contributed by atoms with Gasteiger partial charge in [-0.05, 0) is 55.2 Å². The number of aromatic hydroxyl groups is 1. The average Bonchev–Trinajstić information content (AvgIpc) is 3.56. The van der Waals surface area contributed by atoms with E-state index < -0.39 is 25.0 Å². The molecule has 0 aliphatic heterocycles. The van der Waals surface area contributed by atoms with Crippen molar-refractivity contribution < 1.29 is 27.5 Å². The van der Waals surface area contributed by atoms with Crippen molar-refractivity contribution in [3.05, 3.63) is 83.6 Å². The lowest BCUT2D eigenvalue weighted by Crippen LogP contribution is -2.26. The Balaban J connectivity index is 1.68. The molecular formula is C28H25F4N5O2. The fourth-order valence-electron chi connectivity index (χ4n) is 4.38. The van der Waals surface area contributed by atoms with Gasteiger partial charge in [0, 0.05) is 47.2 Å². The number of phenols is 1. The molecule has 3 N–H and O–H groups in total. The summed E-state index contributed by atoms with van der Waals surface area (Å²) in [6.07, 6.45) is -0.647. The van der Waals surface area contributed by atoms with Gasteiger partial charge >= 0.3 is 6.18 Å². The summed E-state index contributed by atoms with van der Waals surface area (Å²) >= 11 is 0. The molecule has 2 heterocycles. The standard InChI is InChI=1S/C28H25F4N5O2/c1-15-13-17(3-7-20(15)27(39)35-19-5-6-19)23-24(16(2)21-14-18(29)4-8-22(21)38)36-37-12-11-34-26(37)25(23)33-10-9-28(30,31)32/h3-4,7-8,11-14,19,33,38H,2,5-6,9-10H2,1H3,(H,35,39). The van der Waals surface area contributed by atoms with E-state index in [2.05, 4.69) is 27.3 Å². The fraction of sp³-hybridized carbons (Fsp3) is 0.250. The SMILES string of the molecule is C=C(c1cc(F)ccc1O)c1nn2ccnc2c(NCCC(F)(F)F)c1-c1ccc(C(=O)NC2CC2)c(C)c1. The Bertz CT molecular complexity index is 1590. The molecule has 0 atom stereocenters. The smallest absolute Gasteiger partial charge is 0.390 e. The zero-order valence-corrected chi connectivity index (χ0v) is 20.9. The molecule has 1 aliphatic carbocycles. The quantitative estimate of drug-likeness (QED) is 0.244. The molecule has 2 aromatic carbocycles. The Morgan fingerprint density at radius 3 is 2.64 bits per heavy atom. The number of carbonyl (C=O) groups is 1. The third-order valence-corrected chi connectivity index (χ3v) is 6.49. The number of fused-ring (bicyclic) bond motifs is 1. The van der Waals surface area contributed by atoms with Crippen LogP contribution < -0.4 is 10.6 Å². The Kier molecular flexibility index (Phi) is 6.75. The van der Waals surface area contributed by atoms with Crippen molar-refractivity contribution in [2.24, 2.45) is 0 Å². The van der Waals surface area contributed by atoms with Crippen LogP contribution in [-0.2, 0) is 0 Å². The number of carbonyl (C=O) groups excluding carboxylic acids is 1. The molecule has 5 rings (SSSR count). The van der Waals surface area contributed by atoms with E-state index in [0.29, 0.717) is 22.3 Å².